The van der Waals surface area contributed by atoms with Crippen LogP contribution in [0, 0.1) is 0 Å². The summed E-state index contributed by atoms with van der Waals surface area (Å²) in [6.07, 6.45) is 1.69. The molecule has 2 saturated heterocycles. The third-order valence-electron chi connectivity index (χ3n) is 5.68. The molecule has 0 saturated carbocycles. The molecule has 0 radical (unpaired) electrons. The lowest BCUT2D eigenvalue weighted by Crippen LogP contribution is -2.53. The van der Waals surface area contributed by atoms with Crippen molar-refractivity contribution >= 4 is 21.4 Å². The van der Waals surface area contributed by atoms with E-state index in [9.17, 15) is 13.2 Å². The van der Waals surface area contributed by atoms with Gasteiger partial charge in [-0.2, -0.15) is 0 Å². The zero-order chi connectivity index (χ0) is 17.4. The SMILES string of the molecule is O=C(CN1CCN(C2CCS(=O)(=O)C2)CC1)N1CCc2ccccc21. The molecule has 1 amide bonds. The van der Waals surface area contributed by atoms with Crippen molar-refractivity contribution in [1.82, 2.24) is 9.80 Å². The Balaban J connectivity index is 1.30. The number of hydrogen-bond acceptors (Lipinski definition) is 5. The summed E-state index contributed by atoms with van der Waals surface area (Å²) >= 11 is 0. The van der Waals surface area contributed by atoms with Crippen LogP contribution in [0.5, 0.6) is 0 Å². The first-order chi connectivity index (χ1) is 12.0. The predicted octanol–water partition coefficient (Wildman–Crippen LogP) is 0.380. The number of nitrogens with zero attached hydrogens (tertiary/aromatic N) is 3. The molecule has 3 heterocycles. The van der Waals surface area contributed by atoms with Gasteiger partial charge in [-0.3, -0.25) is 14.6 Å². The molecule has 0 spiro atoms. The molecule has 0 N–H and O–H groups in total. The van der Waals surface area contributed by atoms with E-state index in [0.29, 0.717) is 18.1 Å². The fraction of sp³-hybridized carbons (Fsp3) is 0.611. The van der Waals surface area contributed by atoms with Crippen LogP contribution in [0.4, 0.5) is 5.69 Å². The molecule has 6 nitrogen and oxygen atoms in total. The quantitative estimate of drug-likeness (QED) is 0.777. The van der Waals surface area contributed by atoms with Gasteiger partial charge in [-0.25, -0.2) is 8.42 Å². The fourth-order valence-electron chi connectivity index (χ4n) is 4.22. The number of sulfone groups is 1. The molecule has 1 aromatic rings. The van der Waals surface area contributed by atoms with Gasteiger partial charge in [-0.1, -0.05) is 18.2 Å². The van der Waals surface area contributed by atoms with Crippen LogP contribution in [0.15, 0.2) is 24.3 Å². The first-order valence-electron chi connectivity index (χ1n) is 9.07. The largest absolute Gasteiger partial charge is 0.311 e. The van der Waals surface area contributed by atoms with E-state index in [2.05, 4.69) is 15.9 Å². The van der Waals surface area contributed by atoms with Crippen LogP contribution in [0.1, 0.15) is 12.0 Å². The monoisotopic (exact) mass is 363 g/mol. The average Bonchev–Trinajstić information content (AvgIpc) is 3.19. The zero-order valence-electron chi connectivity index (χ0n) is 14.4. The standard InChI is InChI=1S/C18H25N3O3S/c22-18(21-7-5-15-3-1-2-4-17(15)21)13-19-8-10-20(11-9-19)16-6-12-25(23,24)14-16/h1-4,16H,5-14H2. The van der Waals surface area contributed by atoms with Gasteiger partial charge in [0.2, 0.25) is 5.91 Å². The van der Waals surface area contributed by atoms with Crippen molar-refractivity contribution in [2.24, 2.45) is 0 Å². The summed E-state index contributed by atoms with van der Waals surface area (Å²) < 4.78 is 23.3. The van der Waals surface area contributed by atoms with E-state index in [4.69, 9.17) is 0 Å². The lowest BCUT2D eigenvalue weighted by molar-refractivity contribution is -0.120. The lowest BCUT2D eigenvalue weighted by Gasteiger charge is -2.37. The highest BCUT2D eigenvalue weighted by Gasteiger charge is 2.34. The first kappa shape index (κ1) is 17.0. The van der Waals surface area contributed by atoms with Crippen molar-refractivity contribution in [1.29, 1.82) is 0 Å². The molecule has 2 fully saturated rings. The fourth-order valence-corrected chi connectivity index (χ4v) is 5.99. The summed E-state index contributed by atoms with van der Waals surface area (Å²) in [5, 5.41) is 0. The van der Waals surface area contributed by atoms with E-state index in [1.165, 1.54) is 5.56 Å². The Morgan fingerprint density at radius 2 is 1.84 bits per heavy atom. The molecular formula is C18H25N3O3S. The zero-order valence-corrected chi connectivity index (χ0v) is 15.2. The molecule has 0 aliphatic carbocycles. The topological polar surface area (TPSA) is 60.9 Å². The number of piperazine rings is 1. The normalized spacial score (nSPS) is 26.7. The van der Waals surface area contributed by atoms with Crippen molar-refractivity contribution in [2.45, 2.75) is 18.9 Å². The van der Waals surface area contributed by atoms with Crippen molar-refractivity contribution in [3.8, 4) is 0 Å². The summed E-state index contributed by atoms with van der Waals surface area (Å²) in [5.74, 6) is 0.795. The van der Waals surface area contributed by atoms with E-state index >= 15 is 0 Å². The van der Waals surface area contributed by atoms with Gasteiger partial charge < -0.3 is 4.90 Å². The van der Waals surface area contributed by atoms with Gasteiger partial charge in [0, 0.05) is 44.5 Å². The van der Waals surface area contributed by atoms with Crippen LogP contribution >= 0.6 is 0 Å². The molecule has 0 bridgehead atoms. The number of carbonyl (C=O) groups excluding carboxylic acids is 1. The summed E-state index contributed by atoms with van der Waals surface area (Å²) in [5.41, 5.74) is 2.31. The van der Waals surface area contributed by atoms with E-state index in [0.717, 1.165) is 51.3 Å². The number of hydrogen-bond donors (Lipinski definition) is 0. The second-order valence-electron chi connectivity index (χ2n) is 7.29. The Bertz CT molecular complexity index is 757. The number of rotatable bonds is 3. The smallest absolute Gasteiger partial charge is 0.241 e. The number of para-hydroxylation sites is 1. The Hall–Kier alpha value is -1.44. The van der Waals surface area contributed by atoms with Gasteiger partial charge in [0.1, 0.15) is 0 Å². The molecule has 136 valence electrons. The Kier molecular flexibility index (Phi) is 4.56. The maximum Gasteiger partial charge on any atom is 0.241 e. The highest BCUT2D eigenvalue weighted by atomic mass is 32.2. The highest BCUT2D eigenvalue weighted by Crippen LogP contribution is 2.27. The summed E-state index contributed by atoms with van der Waals surface area (Å²) in [6, 6.07) is 8.30. The van der Waals surface area contributed by atoms with Crippen LogP contribution in [0.3, 0.4) is 0 Å². The third-order valence-corrected chi connectivity index (χ3v) is 7.43. The third kappa shape index (κ3) is 3.59. The maximum absolute atomic E-state index is 12.7. The molecule has 0 aromatic heterocycles. The highest BCUT2D eigenvalue weighted by molar-refractivity contribution is 7.91. The maximum atomic E-state index is 12.7. The summed E-state index contributed by atoms with van der Waals surface area (Å²) in [6.45, 7) is 4.59. The van der Waals surface area contributed by atoms with Crippen molar-refractivity contribution in [3.63, 3.8) is 0 Å². The van der Waals surface area contributed by atoms with Gasteiger partial charge >= 0.3 is 0 Å². The second kappa shape index (κ2) is 6.70. The van der Waals surface area contributed by atoms with Crippen LogP contribution in [-0.4, -0.2) is 80.9 Å². The van der Waals surface area contributed by atoms with Gasteiger partial charge in [0.05, 0.1) is 18.1 Å². The van der Waals surface area contributed by atoms with Crippen LogP contribution in [-0.2, 0) is 21.1 Å². The number of fused-ring (bicyclic) bond motifs is 1. The molecule has 4 rings (SSSR count). The second-order valence-corrected chi connectivity index (χ2v) is 9.52. The summed E-state index contributed by atoms with van der Waals surface area (Å²) in [7, 11) is -2.83. The Labute approximate surface area is 149 Å². The Morgan fingerprint density at radius 1 is 1.08 bits per heavy atom. The molecule has 25 heavy (non-hydrogen) atoms. The minimum Gasteiger partial charge on any atom is -0.311 e. The van der Waals surface area contributed by atoms with Gasteiger partial charge in [-0.15, -0.1) is 0 Å². The molecule has 7 heteroatoms. The predicted molar refractivity (Wildman–Crippen MR) is 97.6 cm³/mol. The van der Waals surface area contributed by atoms with Gasteiger partial charge in [0.25, 0.3) is 0 Å². The minimum absolute atomic E-state index is 0.168. The lowest BCUT2D eigenvalue weighted by atomic mass is 10.2. The summed E-state index contributed by atoms with van der Waals surface area (Å²) in [4.78, 5) is 19.1. The first-order valence-corrected chi connectivity index (χ1v) is 10.9. The van der Waals surface area contributed by atoms with Crippen LogP contribution in [0.25, 0.3) is 0 Å². The molecule has 1 unspecified atom stereocenters. The van der Waals surface area contributed by atoms with E-state index < -0.39 is 9.84 Å². The van der Waals surface area contributed by atoms with E-state index in [-0.39, 0.29) is 11.9 Å². The van der Waals surface area contributed by atoms with Crippen LogP contribution < -0.4 is 4.90 Å². The van der Waals surface area contributed by atoms with Crippen molar-refractivity contribution < 1.29 is 13.2 Å². The Morgan fingerprint density at radius 3 is 2.56 bits per heavy atom. The van der Waals surface area contributed by atoms with Gasteiger partial charge in [-0.05, 0) is 24.5 Å². The van der Waals surface area contributed by atoms with Crippen LogP contribution in [0.2, 0.25) is 0 Å². The van der Waals surface area contributed by atoms with Crippen molar-refractivity contribution in [2.75, 3.05) is 55.7 Å². The average molecular weight is 363 g/mol. The molecule has 1 aromatic carbocycles. The molecule has 3 aliphatic rings. The van der Waals surface area contributed by atoms with E-state index in [1.54, 1.807) is 0 Å². The number of carbonyl (C=O) groups is 1. The number of benzene rings is 1. The molecular weight excluding hydrogens is 338 g/mol. The minimum atomic E-state index is -2.83. The van der Waals surface area contributed by atoms with Gasteiger partial charge in [0.15, 0.2) is 9.84 Å². The number of anilines is 1. The molecule has 3 aliphatic heterocycles. The number of amides is 1. The van der Waals surface area contributed by atoms with Crippen molar-refractivity contribution in [3.05, 3.63) is 29.8 Å². The van der Waals surface area contributed by atoms with E-state index in [1.807, 2.05) is 23.1 Å². The molecule has 1 atom stereocenters.